The van der Waals surface area contributed by atoms with Gasteiger partial charge in [0.15, 0.2) is 0 Å². The zero-order chi connectivity index (χ0) is 13.2. The molecule has 18 heavy (non-hydrogen) atoms. The van der Waals surface area contributed by atoms with Gasteiger partial charge in [-0.3, -0.25) is 0 Å². The largest absolute Gasteiger partial charge is 0.316 e. The number of benzene rings is 1. The van der Waals surface area contributed by atoms with E-state index in [9.17, 15) is 0 Å². The second kappa shape index (κ2) is 5.26. The summed E-state index contributed by atoms with van der Waals surface area (Å²) in [4.78, 5) is 1.37. The van der Waals surface area contributed by atoms with Gasteiger partial charge in [0.05, 0.1) is 0 Å². The predicted octanol–water partition coefficient (Wildman–Crippen LogP) is 4.05. The molecule has 0 amide bonds. The van der Waals surface area contributed by atoms with Crippen LogP contribution in [-0.2, 0) is 0 Å². The van der Waals surface area contributed by atoms with E-state index in [1.54, 1.807) is 0 Å². The third-order valence-corrected chi connectivity index (χ3v) is 5.97. The average Bonchev–Trinajstić information content (AvgIpc) is 2.72. The molecule has 1 saturated carbocycles. The van der Waals surface area contributed by atoms with Crippen molar-refractivity contribution in [3.63, 3.8) is 0 Å². The topological polar surface area (TPSA) is 12.0 Å². The van der Waals surface area contributed by atoms with Crippen LogP contribution in [0.4, 0.5) is 0 Å². The first-order chi connectivity index (χ1) is 8.46. The summed E-state index contributed by atoms with van der Waals surface area (Å²) in [6.07, 6.45) is 0. The van der Waals surface area contributed by atoms with Crippen LogP contribution in [0.2, 0.25) is 0 Å². The molecule has 0 radical (unpaired) electrons. The molecule has 1 aromatic carbocycles. The Bertz CT molecular complexity index is 369. The molecule has 0 spiro atoms. The molecular formula is C16H25NS. The molecule has 100 valence electrons. The van der Waals surface area contributed by atoms with E-state index in [2.05, 4.69) is 63.3 Å². The zero-order valence-electron chi connectivity index (χ0n) is 12.0. The number of thioether (sulfide) groups is 1. The lowest BCUT2D eigenvalue weighted by atomic mass is 10.0. The average molecular weight is 263 g/mol. The third kappa shape index (κ3) is 2.75. The summed E-state index contributed by atoms with van der Waals surface area (Å²) >= 11 is 1.93. The fourth-order valence-electron chi connectivity index (χ4n) is 2.85. The van der Waals surface area contributed by atoms with Crippen molar-refractivity contribution in [2.75, 3.05) is 18.8 Å². The molecule has 0 bridgehead atoms. The van der Waals surface area contributed by atoms with E-state index in [-0.39, 0.29) is 0 Å². The van der Waals surface area contributed by atoms with Crippen molar-refractivity contribution < 1.29 is 0 Å². The molecule has 2 rings (SSSR count). The Morgan fingerprint density at radius 2 is 1.67 bits per heavy atom. The van der Waals surface area contributed by atoms with Crippen molar-refractivity contribution in [3.8, 4) is 0 Å². The normalized spacial score (nSPS) is 20.9. The lowest BCUT2D eigenvalue weighted by molar-refractivity contribution is 0.457. The van der Waals surface area contributed by atoms with Crippen molar-refractivity contribution in [3.05, 3.63) is 30.3 Å². The Balaban J connectivity index is 1.61. The van der Waals surface area contributed by atoms with Crippen LogP contribution in [0.5, 0.6) is 0 Å². The highest BCUT2D eigenvalue weighted by atomic mass is 32.2. The molecule has 1 aliphatic rings. The van der Waals surface area contributed by atoms with E-state index in [1.165, 1.54) is 4.90 Å². The van der Waals surface area contributed by atoms with Gasteiger partial charge >= 0.3 is 0 Å². The minimum Gasteiger partial charge on any atom is -0.316 e. The highest BCUT2D eigenvalue weighted by molar-refractivity contribution is 7.99. The Hall–Kier alpha value is -0.470. The molecule has 0 aliphatic heterocycles. The van der Waals surface area contributed by atoms with E-state index in [4.69, 9.17) is 0 Å². The molecular weight excluding hydrogens is 238 g/mol. The van der Waals surface area contributed by atoms with Crippen molar-refractivity contribution in [2.24, 2.45) is 16.7 Å². The molecule has 0 saturated heterocycles. The van der Waals surface area contributed by atoms with Crippen LogP contribution in [-0.4, -0.2) is 18.8 Å². The molecule has 0 aromatic heterocycles. The second-order valence-electron chi connectivity index (χ2n) is 6.36. The first kappa shape index (κ1) is 14.0. The molecule has 1 N–H and O–H groups in total. The van der Waals surface area contributed by atoms with Gasteiger partial charge in [0.1, 0.15) is 0 Å². The van der Waals surface area contributed by atoms with E-state index in [1.807, 2.05) is 11.8 Å². The Labute approximate surface area is 116 Å². The fourth-order valence-corrected chi connectivity index (χ4v) is 3.68. The minimum absolute atomic E-state index is 0.507. The molecule has 1 fully saturated rings. The minimum atomic E-state index is 0.507. The summed E-state index contributed by atoms with van der Waals surface area (Å²) in [5.74, 6) is 1.98. The SMILES string of the molecule is CC1(C)C(CNCCSc2ccccc2)C1(C)C. The van der Waals surface area contributed by atoms with Gasteiger partial charge in [-0.2, -0.15) is 0 Å². The quantitative estimate of drug-likeness (QED) is 0.614. The third-order valence-electron chi connectivity index (χ3n) is 4.96. The van der Waals surface area contributed by atoms with Gasteiger partial charge in [0, 0.05) is 17.2 Å². The molecule has 1 nitrogen and oxygen atoms in total. The van der Waals surface area contributed by atoms with Gasteiger partial charge in [0.2, 0.25) is 0 Å². The number of hydrogen-bond acceptors (Lipinski definition) is 2. The van der Waals surface area contributed by atoms with E-state index >= 15 is 0 Å². The van der Waals surface area contributed by atoms with Gasteiger partial charge in [-0.25, -0.2) is 0 Å². The molecule has 1 aromatic rings. The molecule has 1 aliphatic carbocycles. The summed E-state index contributed by atoms with van der Waals surface area (Å²) in [5.41, 5.74) is 1.01. The summed E-state index contributed by atoms with van der Waals surface area (Å²) in [6, 6.07) is 10.6. The molecule has 0 atom stereocenters. The first-order valence-electron chi connectivity index (χ1n) is 6.85. The Morgan fingerprint density at radius 3 is 2.22 bits per heavy atom. The standard InChI is InChI=1S/C16H25NS/c1-15(2)14(16(15,3)4)12-17-10-11-18-13-8-6-5-7-9-13/h5-9,14,17H,10-12H2,1-4H3. The smallest absolute Gasteiger partial charge is 0.0106 e. The van der Waals surface area contributed by atoms with Crippen molar-refractivity contribution in [1.82, 2.24) is 5.32 Å². The van der Waals surface area contributed by atoms with Crippen molar-refractivity contribution in [1.29, 1.82) is 0 Å². The van der Waals surface area contributed by atoms with Crippen LogP contribution in [0.3, 0.4) is 0 Å². The van der Waals surface area contributed by atoms with Crippen LogP contribution in [0.25, 0.3) is 0 Å². The Kier molecular flexibility index (Phi) is 4.08. The summed E-state index contributed by atoms with van der Waals surface area (Å²) in [6.45, 7) is 11.8. The van der Waals surface area contributed by atoms with Crippen LogP contribution in [0.1, 0.15) is 27.7 Å². The molecule has 2 heteroatoms. The lowest BCUT2D eigenvalue weighted by Crippen LogP contribution is -2.21. The highest BCUT2D eigenvalue weighted by Crippen LogP contribution is 2.67. The van der Waals surface area contributed by atoms with Gasteiger partial charge < -0.3 is 5.32 Å². The van der Waals surface area contributed by atoms with E-state index < -0.39 is 0 Å². The maximum absolute atomic E-state index is 3.61. The molecule has 0 heterocycles. The fraction of sp³-hybridized carbons (Fsp3) is 0.625. The van der Waals surface area contributed by atoms with Crippen molar-refractivity contribution in [2.45, 2.75) is 32.6 Å². The summed E-state index contributed by atoms with van der Waals surface area (Å²) < 4.78 is 0. The van der Waals surface area contributed by atoms with Gasteiger partial charge in [0.25, 0.3) is 0 Å². The van der Waals surface area contributed by atoms with Crippen LogP contribution < -0.4 is 5.32 Å². The Morgan fingerprint density at radius 1 is 1.06 bits per heavy atom. The van der Waals surface area contributed by atoms with E-state index in [0.717, 1.165) is 24.8 Å². The number of hydrogen-bond donors (Lipinski definition) is 1. The van der Waals surface area contributed by atoms with E-state index in [0.29, 0.717) is 10.8 Å². The van der Waals surface area contributed by atoms with Crippen LogP contribution >= 0.6 is 11.8 Å². The first-order valence-corrected chi connectivity index (χ1v) is 7.83. The number of nitrogens with one attached hydrogen (secondary N) is 1. The second-order valence-corrected chi connectivity index (χ2v) is 7.53. The molecule has 0 unspecified atom stereocenters. The maximum atomic E-state index is 3.61. The summed E-state index contributed by atoms with van der Waals surface area (Å²) in [7, 11) is 0. The van der Waals surface area contributed by atoms with Gasteiger partial charge in [-0.05, 0) is 35.4 Å². The number of rotatable bonds is 6. The predicted molar refractivity (Wildman–Crippen MR) is 81.1 cm³/mol. The van der Waals surface area contributed by atoms with Crippen molar-refractivity contribution >= 4 is 11.8 Å². The highest BCUT2D eigenvalue weighted by Gasteiger charge is 2.63. The summed E-state index contributed by atoms with van der Waals surface area (Å²) in [5, 5.41) is 3.61. The maximum Gasteiger partial charge on any atom is 0.0106 e. The van der Waals surface area contributed by atoms with Crippen LogP contribution in [0.15, 0.2) is 35.2 Å². The monoisotopic (exact) mass is 263 g/mol. The van der Waals surface area contributed by atoms with Gasteiger partial charge in [-0.15, -0.1) is 11.8 Å². The lowest BCUT2D eigenvalue weighted by Gasteiger charge is -2.06. The van der Waals surface area contributed by atoms with Gasteiger partial charge in [-0.1, -0.05) is 45.9 Å². The van der Waals surface area contributed by atoms with Crippen LogP contribution in [0, 0.1) is 16.7 Å². The zero-order valence-corrected chi connectivity index (χ0v) is 12.8.